The van der Waals surface area contributed by atoms with Crippen LogP contribution in [-0.2, 0) is 0 Å². The maximum Gasteiger partial charge on any atom is 0.135 e. The van der Waals surface area contributed by atoms with E-state index in [-0.39, 0.29) is 0 Å². The van der Waals surface area contributed by atoms with Crippen LogP contribution in [0.5, 0.6) is 5.75 Å². The van der Waals surface area contributed by atoms with Crippen molar-refractivity contribution in [3.63, 3.8) is 0 Å². The van der Waals surface area contributed by atoms with Gasteiger partial charge in [0, 0.05) is 0 Å². The quantitative estimate of drug-likeness (QED) is 0.735. The standard InChI is InChI=1S/C12H15NOS/c1-8-7-9(2)12(15-6-5-13)11(14-4)10(8)3/h7H,6H2,1-4H3. The number of hydrogen-bond acceptors (Lipinski definition) is 3. The molecule has 80 valence electrons. The minimum atomic E-state index is 0.458. The monoisotopic (exact) mass is 221 g/mol. The van der Waals surface area contributed by atoms with Gasteiger partial charge in [0.1, 0.15) is 5.75 Å². The molecule has 0 aliphatic heterocycles. The summed E-state index contributed by atoms with van der Waals surface area (Å²) in [6.45, 7) is 6.17. The van der Waals surface area contributed by atoms with Crippen molar-refractivity contribution in [1.82, 2.24) is 0 Å². The van der Waals surface area contributed by atoms with Gasteiger partial charge >= 0.3 is 0 Å². The molecule has 0 aromatic heterocycles. The van der Waals surface area contributed by atoms with Crippen molar-refractivity contribution in [2.24, 2.45) is 0 Å². The number of thioether (sulfide) groups is 1. The van der Waals surface area contributed by atoms with Crippen LogP contribution in [0.3, 0.4) is 0 Å². The normalized spacial score (nSPS) is 9.80. The Morgan fingerprint density at radius 3 is 2.53 bits per heavy atom. The average molecular weight is 221 g/mol. The van der Waals surface area contributed by atoms with E-state index in [0.717, 1.165) is 16.2 Å². The second-order valence-corrected chi connectivity index (χ2v) is 4.43. The molecule has 0 spiro atoms. The van der Waals surface area contributed by atoms with Crippen LogP contribution < -0.4 is 4.74 Å². The van der Waals surface area contributed by atoms with Crippen molar-refractivity contribution < 1.29 is 4.74 Å². The van der Waals surface area contributed by atoms with Gasteiger partial charge in [-0.1, -0.05) is 6.07 Å². The third-order valence-corrected chi connectivity index (χ3v) is 3.48. The molecule has 0 atom stereocenters. The summed E-state index contributed by atoms with van der Waals surface area (Å²) in [5.41, 5.74) is 3.56. The zero-order chi connectivity index (χ0) is 11.4. The van der Waals surface area contributed by atoms with Gasteiger partial charge < -0.3 is 4.74 Å². The van der Waals surface area contributed by atoms with E-state index in [1.807, 2.05) is 6.92 Å². The maximum absolute atomic E-state index is 8.59. The van der Waals surface area contributed by atoms with Crippen molar-refractivity contribution in [3.8, 4) is 11.8 Å². The lowest BCUT2D eigenvalue weighted by Crippen LogP contribution is -1.96. The highest BCUT2D eigenvalue weighted by atomic mass is 32.2. The Kier molecular flexibility index (Phi) is 4.05. The Balaban J connectivity index is 3.24. The molecule has 1 rings (SSSR count). The third-order valence-electron chi connectivity index (χ3n) is 2.41. The highest BCUT2D eigenvalue weighted by Gasteiger charge is 2.12. The first-order valence-corrected chi connectivity index (χ1v) is 5.75. The van der Waals surface area contributed by atoms with Gasteiger partial charge in [-0.05, 0) is 37.5 Å². The zero-order valence-corrected chi connectivity index (χ0v) is 10.4. The van der Waals surface area contributed by atoms with Crippen LogP contribution in [0.1, 0.15) is 16.7 Å². The van der Waals surface area contributed by atoms with Crippen LogP contribution in [0.25, 0.3) is 0 Å². The van der Waals surface area contributed by atoms with Crippen LogP contribution in [0.4, 0.5) is 0 Å². The van der Waals surface area contributed by atoms with Gasteiger partial charge in [0.2, 0.25) is 0 Å². The first-order chi connectivity index (χ1) is 7.11. The van der Waals surface area contributed by atoms with E-state index in [0.29, 0.717) is 5.75 Å². The van der Waals surface area contributed by atoms with Crippen molar-refractivity contribution in [2.45, 2.75) is 25.7 Å². The molecule has 2 nitrogen and oxygen atoms in total. The van der Waals surface area contributed by atoms with Gasteiger partial charge in [-0.15, -0.1) is 11.8 Å². The van der Waals surface area contributed by atoms with Gasteiger partial charge in [0.05, 0.1) is 23.8 Å². The van der Waals surface area contributed by atoms with Gasteiger partial charge in [0.25, 0.3) is 0 Å². The number of nitrogens with zero attached hydrogens (tertiary/aromatic N) is 1. The SMILES string of the molecule is COc1c(C)c(C)cc(C)c1SCC#N. The molecule has 0 unspecified atom stereocenters. The summed E-state index contributed by atoms with van der Waals surface area (Å²) in [6, 6.07) is 4.27. The molecule has 1 aromatic carbocycles. The number of nitriles is 1. The highest BCUT2D eigenvalue weighted by molar-refractivity contribution is 7.99. The molecule has 0 bridgehead atoms. The van der Waals surface area contributed by atoms with Crippen LogP contribution >= 0.6 is 11.8 Å². The molecule has 3 heteroatoms. The Morgan fingerprint density at radius 2 is 2.00 bits per heavy atom. The van der Waals surface area contributed by atoms with E-state index in [1.165, 1.54) is 22.9 Å². The summed E-state index contributed by atoms with van der Waals surface area (Å²) in [5, 5.41) is 8.59. The van der Waals surface area contributed by atoms with E-state index in [1.54, 1.807) is 7.11 Å². The van der Waals surface area contributed by atoms with Gasteiger partial charge in [0.15, 0.2) is 0 Å². The number of methoxy groups -OCH3 is 1. The van der Waals surface area contributed by atoms with E-state index in [2.05, 4.69) is 26.0 Å². The number of rotatable bonds is 3. The Hall–Kier alpha value is -1.14. The second kappa shape index (κ2) is 5.09. The molecular formula is C12H15NOS. The van der Waals surface area contributed by atoms with Gasteiger partial charge in [-0.25, -0.2) is 0 Å². The second-order valence-electron chi connectivity index (χ2n) is 3.44. The fraction of sp³-hybridized carbons (Fsp3) is 0.417. The largest absolute Gasteiger partial charge is 0.495 e. The summed E-state index contributed by atoms with van der Waals surface area (Å²) >= 11 is 1.53. The van der Waals surface area contributed by atoms with Crippen LogP contribution in [-0.4, -0.2) is 12.9 Å². The number of hydrogen-bond donors (Lipinski definition) is 0. The average Bonchev–Trinajstić information content (AvgIpc) is 2.21. The van der Waals surface area contributed by atoms with Crippen molar-refractivity contribution >= 4 is 11.8 Å². The van der Waals surface area contributed by atoms with Crippen LogP contribution in [0, 0.1) is 32.1 Å². The number of aryl methyl sites for hydroxylation is 2. The van der Waals surface area contributed by atoms with E-state index < -0.39 is 0 Å². The fourth-order valence-corrected chi connectivity index (χ4v) is 2.42. The predicted molar refractivity (Wildman–Crippen MR) is 63.5 cm³/mol. The third kappa shape index (κ3) is 2.45. The molecule has 0 saturated carbocycles. The Labute approximate surface area is 95.3 Å². The van der Waals surface area contributed by atoms with E-state index in [4.69, 9.17) is 10.00 Å². The summed E-state index contributed by atoms with van der Waals surface area (Å²) in [5.74, 6) is 1.37. The molecule has 15 heavy (non-hydrogen) atoms. The first-order valence-electron chi connectivity index (χ1n) is 4.76. The zero-order valence-electron chi connectivity index (χ0n) is 9.55. The highest BCUT2D eigenvalue weighted by Crippen LogP contribution is 2.36. The molecule has 0 amide bonds. The van der Waals surface area contributed by atoms with Gasteiger partial charge in [-0.2, -0.15) is 5.26 Å². The molecule has 0 N–H and O–H groups in total. The summed E-state index contributed by atoms with van der Waals surface area (Å²) in [7, 11) is 1.68. The lowest BCUT2D eigenvalue weighted by atomic mass is 10.1. The lowest BCUT2D eigenvalue weighted by Gasteiger charge is -2.15. The van der Waals surface area contributed by atoms with Crippen LogP contribution in [0.15, 0.2) is 11.0 Å². The van der Waals surface area contributed by atoms with Crippen molar-refractivity contribution in [1.29, 1.82) is 5.26 Å². The summed E-state index contributed by atoms with van der Waals surface area (Å²) < 4.78 is 5.40. The summed E-state index contributed by atoms with van der Waals surface area (Å²) in [4.78, 5) is 1.09. The predicted octanol–water partition coefficient (Wildman–Crippen LogP) is 3.24. The maximum atomic E-state index is 8.59. The Bertz CT molecular complexity index is 407. The fourth-order valence-electron chi connectivity index (χ4n) is 1.56. The minimum Gasteiger partial charge on any atom is -0.495 e. The molecule has 1 aromatic rings. The molecule has 0 aliphatic carbocycles. The molecular weight excluding hydrogens is 206 g/mol. The Morgan fingerprint density at radius 1 is 1.33 bits per heavy atom. The van der Waals surface area contributed by atoms with E-state index >= 15 is 0 Å². The molecule has 0 aliphatic rings. The van der Waals surface area contributed by atoms with Gasteiger partial charge in [-0.3, -0.25) is 0 Å². The number of benzene rings is 1. The topological polar surface area (TPSA) is 33.0 Å². The molecule has 0 heterocycles. The molecule has 0 saturated heterocycles. The summed E-state index contributed by atoms with van der Waals surface area (Å²) in [6.07, 6.45) is 0. The molecule has 0 fully saturated rings. The first kappa shape index (κ1) is 11.9. The molecule has 0 radical (unpaired) electrons. The lowest BCUT2D eigenvalue weighted by molar-refractivity contribution is 0.400. The minimum absolute atomic E-state index is 0.458. The van der Waals surface area contributed by atoms with Crippen molar-refractivity contribution in [3.05, 3.63) is 22.8 Å². The van der Waals surface area contributed by atoms with Crippen LogP contribution in [0.2, 0.25) is 0 Å². The van der Waals surface area contributed by atoms with Crippen molar-refractivity contribution in [2.75, 3.05) is 12.9 Å². The smallest absolute Gasteiger partial charge is 0.135 e. The number of ether oxygens (including phenoxy) is 1. The van der Waals surface area contributed by atoms with E-state index in [9.17, 15) is 0 Å².